The first-order valence-corrected chi connectivity index (χ1v) is 13.3. The Morgan fingerprint density at radius 2 is 1.78 bits per heavy atom. The van der Waals surface area contributed by atoms with Crippen molar-refractivity contribution in [3.8, 4) is 0 Å². The predicted octanol–water partition coefficient (Wildman–Crippen LogP) is 7.35. The van der Waals surface area contributed by atoms with Crippen molar-refractivity contribution in [2.45, 2.75) is 77.7 Å². The number of hydrogen-bond acceptors (Lipinski definition) is 2. The van der Waals surface area contributed by atoms with Gasteiger partial charge in [0.2, 0.25) is 0 Å². The van der Waals surface area contributed by atoms with E-state index in [0.29, 0.717) is 37.2 Å². The van der Waals surface area contributed by atoms with Crippen molar-refractivity contribution in [3.63, 3.8) is 0 Å². The number of aryl methyl sites for hydroxylation is 1. The van der Waals surface area contributed by atoms with Crippen LogP contribution in [0.15, 0.2) is 46.9 Å². The minimum Gasteiger partial charge on any atom is -0.456 e. The van der Waals surface area contributed by atoms with Gasteiger partial charge in [0.25, 0.3) is 5.91 Å². The Bertz CT molecular complexity index is 1540. The summed E-state index contributed by atoms with van der Waals surface area (Å²) in [5, 5.41) is 0.849. The lowest BCUT2D eigenvalue weighted by molar-refractivity contribution is 0.0701. The molecule has 4 nitrogen and oxygen atoms in total. The lowest BCUT2D eigenvalue weighted by Gasteiger charge is -2.42. The zero-order valence-corrected chi connectivity index (χ0v) is 22.4. The fraction of sp³-hybridized carbons (Fsp3) is 0.406. The summed E-state index contributed by atoms with van der Waals surface area (Å²) in [5.74, 6) is 0.783. The predicted molar refractivity (Wildman–Crippen MR) is 145 cm³/mol. The van der Waals surface area contributed by atoms with Gasteiger partial charge in [0, 0.05) is 42.6 Å². The highest BCUT2D eigenvalue weighted by Gasteiger charge is 2.37. The fourth-order valence-corrected chi connectivity index (χ4v) is 6.26. The summed E-state index contributed by atoms with van der Waals surface area (Å²) in [4.78, 5) is 18.4. The molecule has 4 aromatic rings. The van der Waals surface area contributed by atoms with E-state index in [0.717, 1.165) is 22.4 Å². The molecule has 1 N–H and O–H groups in total. The van der Waals surface area contributed by atoms with Crippen LogP contribution in [0.4, 0.5) is 4.39 Å². The van der Waals surface area contributed by atoms with E-state index < -0.39 is 0 Å². The molecular weight excluding hydrogens is 463 g/mol. The number of aromatic amines is 1. The van der Waals surface area contributed by atoms with E-state index >= 15 is 0 Å². The molecule has 6 rings (SSSR count). The van der Waals surface area contributed by atoms with Crippen LogP contribution in [-0.4, -0.2) is 22.3 Å². The fourth-order valence-electron chi connectivity index (χ4n) is 6.26. The third-order valence-corrected chi connectivity index (χ3v) is 8.79. The van der Waals surface area contributed by atoms with Crippen LogP contribution in [0.2, 0.25) is 0 Å². The minimum absolute atomic E-state index is 0.118. The molecule has 0 fully saturated rings. The topological polar surface area (TPSA) is 49.2 Å². The molecule has 0 radical (unpaired) electrons. The van der Waals surface area contributed by atoms with Crippen LogP contribution in [-0.2, 0) is 30.2 Å². The SMILES string of the molecule is Cc1cc2c(cc1Cc1ccc(C(=O)N3CCc4[nH]c5c(F)cccc5c4C3)o1)C(C)(C)CCC2(C)C. The zero-order chi connectivity index (χ0) is 26.1. The monoisotopic (exact) mass is 498 g/mol. The molecule has 0 saturated heterocycles. The molecule has 37 heavy (non-hydrogen) atoms. The molecule has 0 spiro atoms. The normalized spacial score (nSPS) is 18.1. The maximum absolute atomic E-state index is 14.3. The van der Waals surface area contributed by atoms with Crippen molar-refractivity contribution >= 4 is 16.8 Å². The second-order valence-corrected chi connectivity index (χ2v) is 12.3. The van der Waals surface area contributed by atoms with Gasteiger partial charge in [-0.3, -0.25) is 4.79 Å². The molecule has 2 aliphatic rings. The number of benzene rings is 2. The third kappa shape index (κ3) is 4.00. The smallest absolute Gasteiger partial charge is 0.289 e. The Morgan fingerprint density at radius 1 is 1.05 bits per heavy atom. The molecular formula is C32H35FN2O2. The molecule has 0 atom stereocenters. The Hall–Kier alpha value is -3.34. The number of halogens is 1. The number of para-hydroxylation sites is 1. The van der Waals surface area contributed by atoms with Gasteiger partial charge in [0.05, 0.1) is 5.52 Å². The Kier molecular flexibility index (Phi) is 5.41. The van der Waals surface area contributed by atoms with Crippen LogP contribution >= 0.6 is 0 Å². The molecule has 5 heteroatoms. The second-order valence-electron chi connectivity index (χ2n) is 12.3. The largest absolute Gasteiger partial charge is 0.456 e. The van der Waals surface area contributed by atoms with E-state index in [4.69, 9.17) is 4.42 Å². The van der Waals surface area contributed by atoms with Crippen molar-refractivity contribution < 1.29 is 13.6 Å². The van der Waals surface area contributed by atoms with Gasteiger partial charge < -0.3 is 14.3 Å². The summed E-state index contributed by atoms with van der Waals surface area (Å²) in [6.45, 7) is 12.6. The van der Waals surface area contributed by atoms with Gasteiger partial charge in [-0.25, -0.2) is 4.39 Å². The van der Waals surface area contributed by atoms with E-state index in [2.05, 4.69) is 51.7 Å². The lowest BCUT2D eigenvalue weighted by atomic mass is 9.62. The van der Waals surface area contributed by atoms with Gasteiger partial charge in [0.1, 0.15) is 11.6 Å². The van der Waals surface area contributed by atoms with Crippen LogP contribution in [0.1, 0.15) is 90.4 Å². The number of aromatic nitrogens is 1. The highest BCUT2D eigenvalue weighted by molar-refractivity contribution is 5.93. The number of carbonyl (C=O) groups excluding carboxylic acids is 1. The molecule has 1 amide bonds. The summed E-state index contributed by atoms with van der Waals surface area (Å²) >= 11 is 0. The van der Waals surface area contributed by atoms with Crippen LogP contribution in [0, 0.1) is 12.7 Å². The highest BCUT2D eigenvalue weighted by Crippen LogP contribution is 2.46. The number of fused-ring (bicyclic) bond motifs is 4. The van der Waals surface area contributed by atoms with Gasteiger partial charge in [-0.05, 0) is 71.0 Å². The first kappa shape index (κ1) is 24.0. The molecule has 192 valence electrons. The molecule has 0 bridgehead atoms. The highest BCUT2D eigenvalue weighted by atomic mass is 19.1. The molecule has 2 aromatic carbocycles. The number of nitrogens with zero attached hydrogens (tertiary/aromatic N) is 1. The third-order valence-electron chi connectivity index (χ3n) is 8.79. The van der Waals surface area contributed by atoms with Crippen molar-refractivity contribution in [3.05, 3.63) is 93.3 Å². The summed E-state index contributed by atoms with van der Waals surface area (Å²) < 4.78 is 20.4. The maximum atomic E-state index is 14.3. The first-order valence-electron chi connectivity index (χ1n) is 13.3. The molecule has 0 saturated carbocycles. The number of H-pyrrole nitrogens is 1. The second kappa shape index (κ2) is 8.34. The average molecular weight is 499 g/mol. The molecule has 3 heterocycles. The van der Waals surface area contributed by atoms with Crippen molar-refractivity contribution in [1.29, 1.82) is 0 Å². The van der Waals surface area contributed by atoms with Crippen molar-refractivity contribution in [2.24, 2.45) is 0 Å². The molecule has 0 unspecified atom stereocenters. The summed E-state index contributed by atoms with van der Waals surface area (Å²) in [7, 11) is 0. The average Bonchev–Trinajstić information content (AvgIpc) is 3.48. The van der Waals surface area contributed by atoms with E-state index in [-0.39, 0.29) is 22.6 Å². The number of rotatable bonds is 3. The van der Waals surface area contributed by atoms with Gasteiger partial charge in [0.15, 0.2) is 5.76 Å². The lowest BCUT2D eigenvalue weighted by Crippen LogP contribution is -2.35. The minimum atomic E-state index is -0.259. The van der Waals surface area contributed by atoms with E-state index in [1.807, 2.05) is 12.1 Å². The van der Waals surface area contributed by atoms with E-state index in [1.54, 1.807) is 17.0 Å². The number of furan rings is 1. The Morgan fingerprint density at radius 3 is 2.54 bits per heavy atom. The number of nitrogens with one attached hydrogen (secondary N) is 1. The summed E-state index contributed by atoms with van der Waals surface area (Å²) in [5.41, 5.74) is 8.28. The molecule has 2 aromatic heterocycles. The van der Waals surface area contributed by atoms with Gasteiger partial charge in [-0.2, -0.15) is 0 Å². The van der Waals surface area contributed by atoms with Crippen LogP contribution in [0.25, 0.3) is 10.9 Å². The molecule has 1 aliphatic carbocycles. The first-order chi connectivity index (χ1) is 17.5. The van der Waals surface area contributed by atoms with Crippen molar-refractivity contribution in [2.75, 3.05) is 6.54 Å². The summed E-state index contributed by atoms with van der Waals surface area (Å²) in [6.07, 6.45) is 3.70. The van der Waals surface area contributed by atoms with Gasteiger partial charge in [-0.1, -0.05) is 52.0 Å². The number of carbonyl (C=O) groups is 1. The quantitative estimate of drug-likeness (QED) is 0.321. The maximum Gasteiger partial charge on any atom is 0.289 e. The van der Waals surface area contributed by atoms with E-state index in [1.165, 1.54) is 41.2 Å². The van der Waals surface area contributed by atoms with E-state index in [9.17, 15) is 9.18 Å². The number of amides is 1. The summed E-state index contributed by atoms with van der Waals surface area (Å²) in [6, 6.07) is 13.6. The Balaban J connectivity index is 1.24. The van der Waals surface area contributed by atoms with Crippen LogP contribution in [0.5, 0.6) is 0 Å². The molecule has 1 aliphatic heterocycles. The number of hydrogen-bond donors (Lipinski definition) is 1. The van der Waals surface area contributed by atoms with Crippen molar-refractivity contribution in [1.82, 2.24) is 9.88 Å². The zero-order valence-electron chi connectivity index (χ0n) is 22.4. The van der Waals surface area contributed by atoms with Gasteiger partial charge >= 0.3 is 0 Å². The van der Waals surface area contributed by atoms with Crippen LogP contribution < -0.4 is 0 Å². The van der Waals surface area contributed by atoms with Gasteiger partial charge in [-0.15, -0.1) is 0 Å². The Labute approximate surface area is 217 Å². The standard InChI is InChI=1S/C32H35FN2O2/c1-19-15-24-25(32(4,5)13-12-31(24,2)3)17-20(19)16-21-9-10-28(37-21)30(36)35-14-11-27-23(18-35)22-7-6-8-26(33)29(22)34-27/h6-10,15,17,34H,11-14,16,18H2,1-5H3. The van der Waals surface area contributed by atoms with Crippen LogP contribution in [0.3, 0.4) is 0 Å².